The first kappa shape index (κ1) is 19.7. The Balaban J connectivity index is 1.84. The predicted molar refractivity (Wildman–Crippen MR) is 102 cm³/mol. The summed E-state index contributed by atoms with van der Waals surface area (Å²) in [5.41, 5.74) is 2.43. The van der Waals surface area contributed by atoms with Crippen LogP contribution in [-0.4, -0.2) is 36.6 Å². The zero-order valence-electron chi connectivity index (χ0n) is 14.3. The van der Waals surface area contributed by atoms with Crippen molar-refractivity contribution in [3.05, 3.63) is 69.2 Å². The number of aliphatic hydroxyl groups is 1. The van der Waals surface area contributed by atoms with Gasteiger partial charge in [-0.3, -0.25) is 4.79 Å². The minimum Gasteiger partial charge on any atom is -0.388 e. The van der Waals surface area contributed by atoms with Crippen molar-refractivity contribution >= 4 is 29.1 Å². The van der Waals surface area contributed by atoms with Gasteiger partial charge in [0, 0.05) is 18.7 Å². The summed E-state index contributed by atoms with van der Waals surface area (Å²) < 4.78 is 0. The molecule has 1 atom stereocenters. The van der Waals surface area contributed by atoms with Crippen LogP contribution in [0.1, 0.15) is 34.0 Å². The molecule has 1 amide bonds. The normalized spacial score (nSPS) is 12.2. The van der Waals surface area contributed by atoms with Gasteiger partial charge in [0.05, 0.1) is 16.1 Å². The zero-order chi connectivity index (χ0) is 18.4. The molecule has 2 aromatic carbocycles. The van der Waals surface area contributed by atoms with Gasteiger partial charge in [-0.25, -0.2) is 0 Å². The molecular formula is C19H22Cl2N2O2. The molecule has 2 aromatic rings. The topological polar surface area (TPSA) is 52.6 Å². The molecule has 0 saturated carbocycles. The van der Waals surface area contributed by atoms with Crippen LogP contribution in [0.4, 0.5) is 0 Å². The van der Waals surface area contributed by atoms with E-state index in [1.807, 2.05) is 38.4 Å². The smallest absolute Gasteiger partial charge is 0.251 e. The lowest BCUT2D eigenvalue weighted by molar-refractivity contribution is 0.0942. The highest BCUT2D eigenvalue weighted by Gasteiger charge is 2.11. The van der Waals surface area contributed by atoms with Crippen molar-refractivity contribution in [2.75, 3.05) is 20.6 Å². The lowest BCUT2D eigenvalue weighted by Crippen LogP contribution is -2.25. The first-order valence-corrected chi connectivity index (χ1v) is 8.77. The molecule has 0 aromatic heterocycles. The van der Waals surface area contributed by atoms with E-state index in [9.17, 15) is 9.90 Å². The second-order valence-corrected chi connectivity index (χ2v) is 6.98. The highest BCUT2D eigenvalue weighted by atomic mass is 35.5. The van der Waals surface area contributed by atoms with Crippen LogP contribution in [0, 0.1) is 0 Å². The molecule has 0 bridgehead atoms. The van der Waals surface area contributed by atoms with E-state index in [0.717, 1.165) is 12.1 Å². The van der Waals surface area contributed by atoms with E-state index in [1.54, 1.807) is 18.2 Å². The van der Waals surface area contributed by atoms with Crippen molar-refractivity contribution in [2.24, 2.45) is 0 Å². The van der Waals surface area contributed by atoms with E-state index in [0.29, 0.717) is 34.1 Å². The first-order chi connectivity index (χ1) is 11.9. The Hall–Kier alpha value is -1.59. The number of amides is 1. The van der Waals surface area contributed by atoms with Crippen molar-refractivity contribution in [3.63, 3.8) is 0 Å². The van der Waals surface area contributed by atoms with Crippen LogP contribution in [0.25, 0.3) is 0 Å². The van der Waals surface area contributed by atoms with Crippen molar-refractivity contribution < 1.29 is 9.90 Å². The Kier molecular flexibility index (Phi) is 7.26. The van der Waals surface area contributed by atoms with E-state index in [-0.39, 0.29) is 5.91 Å². The predicted octanol–water partition coefficient (Wildman–Crippen LogP) is 3.91. The highest BCUT2D eigenvalue weighted by Crippen LogP contribution is 2.26. The number of nitrogens with zero attached hydrogens (tertiary/aromatic N) is 1. The largest absolute Gasteiger partial charge is 0.388 e. The fourth-order valence-electron chi connectivity index (χ4n) is 2.44. The maximum Gasteiger partial charge on any atom is 0.251 e. The van der Waals surface area contributed by atoms with Gasteiger partial charge in [0.1, 0.15) is 0 Å². The molecule has 0 spiro atoms. The van der Waals surface area contributed by atoms with Gasteiger partial charge < -0.3 is 15.3 Å². The number of hydrogen-bond donors (Lipinski definition) is 2. The molecule has 0 aliphatic heterocycles. The molecule has 0 aliphatic carbocycles. The lowest BCUT2D eigenvalue weighted by Gasteiger charge is -2.13. The highest BCUT2D eigenvalue weighted by molar-refractivity contribution is 6.42. The van der Waals surface area contributed by atoms with Crippen LogP contribution >= 0.6 is 23.2 Å². The lowest BCUT2D eigenvalue weighted by atomic mass is 10.1. The van der Waals surface area contributed by atoms with Gasteiger partial charge >= 0.3 is 0 Å². The molecule has 0 saturated heterocycles. The van der Waals surface area contributed by atoms with Crippen LogP contribution in [0.3, 0.4) is 0 Å². The molecular weight excluding hydrogens is 359 g/mol. The van der Waals surface area contributed by atoms with Gasteiger partial charge in [0.15, 0.2) is 0 Å². The summed E-state index contributed by atoms with van der Waals surface area (Å²) in [7, 11) is 4.00. The van der Waals surface area contributed by atoms with Crippen LogP contribution in [0.5, 0.6) is 0 Å². The van der Waals surface area contributed by atoms with E-state index in [2.05, 4.69) is 10.2 Å². The van der Waals surface area contributed by atoms with Gasteiger partial charge in [0.2, 0.25) is 0 Å². The first-order valence-electron chi connectivity index (χ1n) is 8.01. The Morgan fingerprint density at radius 3 is 2.40 bits per heavy atom. The molecule has 134 valence electrons. The maximum atomic E-state index is 12.2. The molecule has 2 rings (SSSR count). The van der Waals surface area contributed by atoms with E-state index < -0.39 is 6.10 Å². The third-order valence-electron chi connectivity index (χ3n) is 3.75. The number of nitrogens with one attached hydrogen (secondary N) is 1. The summed E-state index contributed by atoms with van der Waals surface area (Å²) in [5.74, 6) is -0.155. The second-order valence-electron chi connectivity index (χ2n) is 6.17. The van der Waals surface area contributed by atoms with Crippen molar-refractivity contribution in [1.29, 1.82) is 0 Å². The fourth-order valence-corrected chi connectivity index (χ4v) is 2.74. The van der Waals surface area contributed by atoms with Crippen LogP contribution in [0.2, 0.25) is 10.0 Å². The summed E-state index contributed by atoms with van der Waals surface area (Å²) >= 11 is 11.8. The Bertz CT molecular complexity index is 718. The van der Waals surface area contributed by atoms with Gasteiger partial charge in [-0.2, -0.15) is 0 Å². The molecule has 0 fully saturated rings. The Labute approximate surface area is 158 Å². The Morgan fingerprint density at radius 2 is 1.80 bits per heavy atom. The fraction of sp³-hybridized carbons (Fsp3) is 0.316. The van der Waals surface area contributed by atoms with Crippen LogP contribution in [-0.2, 0) is 6.54 Å². The summed E-state index contributed by atoms with van der Waals surface area (Å²) in [4.78, 5) is 14.2. The average molecular weight is 381 g/mol. The number of rotatable bonds is 7. The Morgan fingerprint density at radius 1 is 1.12 bits per heavy atom. The molecule has 6 heteroatoms. The summed E-state index contributed by atoms with van der Waals surface area (Å²) in [6.07, 6.45) is -0.319. The number of carbonyl (C=O) groups excluding carboxylic acids is 1. The van der Waals surface area contributed by atoms with Crippen LogP contribution in [0.15, 0.2) is 42.5 Å². The third-order valence-corrected chi connectivity index (χ3v) is 4.49. The summed E-state index contributed by atoms with van der Waals surface area (Å²) in [6, 6.07) is 12.5. The van der Waals surface area contributed by atoms with E-state index in [4.69, 9.17) is 23.2 Å². The molecule has 0 heterocycles. The van der Waals surface area contributed by atoms with Crippen molar-refractivity contribution in [1.82, 2.24) is 10.2 Å². The van der Waals surface area contributed by atoms with Crippen molar-refractivity contribution in [2.45, 2.75) is 19.1 Å². The number of carbonyl (C=O) groups is 1. The van der Waals surface area contributed by atoms with E-state index in [1.165, 1.54) is 0 Å². The number of aliphatic hydroxyl groups excluding tert-OH is 1. The summed E-state index contributed by atoms with van der Waals surface area (Å²) in [5, 5.41) is 13.9. The van der Waals surface area contributed by atoms with Crippen LogP contribution < -0.4 is 5.32 Å². The summed E-state index contributed by atoms with van der Waals surface area (Å²) in [6.45, 7) is 1.19. The van der Waals surface area contributed by atoms with Gasteiger partial charge in [-0.15, -0.1) is 0 Å². The molecule has 1 unspecified atom stereocenters. The molecule has 0 aliphatic rings. The standard InChI is InChI=1S/C19H22Cl2N2O2/c1-23(2)12-13-3-5-14(6-4-13)19(25)22-10-9-18(24)15-7-8-16(20)17(21)11-15/h3-8,11,18,24H,9-10,12H2,1-2H3,(H,22,25). The average Bonchev–Trinajstić information content (AvgIpc) is 2.57. The van der Waals surface area contributed by atoms with E-state index >= 15 is 0 Å². The minimum atomic E-state index is -0.711. The van der Waals surface area contributed by atoms with Crippen molar-refractivity contribution in [3.8, 4) is 0 Å². The zero-order valence-corrected chi connectivity index (χ0v) is 15.8. The minimum absolute atomic E-state index is 0.155. The third kappa shape index (κ3) is 6.01. The number of halogens is 2. The molecule has 0 radical (unpaired) electrons. The maximum absolute atomic E-state index is 12.2. The monoisotopic (exact) mass is 380 g/mol. The van der Waals surface area contributed by atoms with Gasteiger partial charge in [0.25, 0.3) is 5.91 Å². The SMILES string of the molecule is CN(C)Cc1ccc(C(=O)NCCC(O)c2ccc(Cl)c(Cl)c2)cc1. The van der Waals surface area contributed by atoms with Gasteiger partial charge in [-0.1, -0.05) is 41.4 Å². The quantitative estimate of drug-likeness (QED) is 0.765. The van der Waals surface area contributed by atoms with Gasteiger partial charge in [-0.05, 0) is 55.9 Å². The second kappa shape index (κ2) is 9.20. The molecule has 2 N–H and O–H groups in total. The number of hydrogen-bond acceptors (Lipinski definition) is 3. The molecule has 25 heavy (non-hydrogen) atoms. The number of benzene rings is 2. The molecule has 4 nitrogen and oxygen atoms in total.